The summed E-state index contributed by atoms with van der Waals surface area (Å²) < 4.78 is 5.41. The number of hydrogen-bond donors (Lipinski definition) is 1. The largest absolute Gasteiger partial charge is 0.469 e. The lowest BCUT2D eigenvalue weighted by Gasteiger charge is -2.27. The Labute approximate surface area is 177 Å². The molecule has 1 aliphatic rings. The number of nitrogens with zero attached hydrogens (tertiary/aromatic N) is 3. The summed E-state index contributed by atoms with van der Waals surface area (Å²) in [5.41, 5.74) is 0. The monoisotopic (exact) mass is 488 g/mol. The molecule has 1 unspecified atom stereocenters. The zero-order valence-corrected chi connectivity index (χ0v) is 18.7. The van der Waals surface area contributed by atoms with E-state index in [2.05, 4.69) is 29.2 Å². The number of aromatic nitrogens is 1. The van der Waals surface area contributed by atoms with E-state index in [1.54, 1.807) is 17.6 Å². The van der Waals surface area contributed by atoms with Gasteiger partial charge in [-0.25, -0.2) is 4.98 Å². The molecular formula is C19H29IN4OS. The molecule has 1 aliphatic carbocycles. The Bertz CT molecular complexity index is 639. The second-order valence-corrected chi connectivity index (χ2v) is 7.74. The molecule has 0 spiro atoms. The molecule has 1 N–H and O–H groups in total. The summed E-state index contributed by atoms with van der Waals surface area (Å²) in [6, 6.07) is 4.49. The van der Waals surface area contributed by atoms with Crippen LogP contribution < -0.4 is 5.32 Å². The lowest BCUT2D eigenvalue weighted by Crippen LogP contribution is -2.44. The molecule has 7 heteroatoms. The summed E-state index contributed by atoms with van der Waals surface area (Å²) in [7, 11) is 2.12. The molecule has 144 valence electrons. The van der Waals surface area contributed by atoms with Gasteiger partial charge in [0.05, 0.1) is 11.3 Å². The number of nitrogens with one attached hydrogen (secondary N) is 1. The van der Waals surface area contributed by atoms with Crippen LogP contribution in [-0.2, 0) is 6.42 Å². The molecule has 1 fully saturated rings. The van der Waals surface area contributed by atoms with E-state index < -0.39 is 0 Å². The van der Waals surface area contributed by atoms with Gasteiger partial charge in [-0.3, -0.25) is 4.99 Å². The predicted molar refractivity (Wildman–Crippen MR) is 119 cm³/mol. The molecule has 0 saturated heterocycles. The number of rotatable bonds is 7. The number of furan rings is 1. The first kappa shape index (κ1) is 21.2. The van der Waals surface area contributed by atoms with Gasteiger partial charge in [-0.15, -0.1) is 35.3 Å². The minimum absolute atomic E-state index is 0. The fourth-order valence-electron chi connectivity index (χ4n) is 3.31. The summed E-state index contributed by atoms with van der Waals surface area (Å²) in [4.78, 5) is 11.5. The van der Waals surface area contributed by atoms with Crippen molar-refractivity contribution in [3.8, 4) is 0 Å². The van der Waals surface area contributed by atoms with Crippen LogP contribution in [0.2, 0.25) is 0 Å². The number of aliphatic imine (C=N–C) groups is 1. The minimum Gasteiger partial charge on any atom is -0.469 e. The molecule has 0 aromatic carbocycles. The van der Waals surface area contributed by atoms with Crippen molar-refractivity contribution in [2.75, 3.05) is 20.1 Å². The molecule has 0 radical (unpaired) electrons. The Hall–Kier alpha value is -1.09. The highest BCUT2D eigenvalue weighted by Crippen LogP contribution is 2.20. The van der Waals surface area contributed by atoms with Gasteiger partial charge < -0.3 is 14.6 Å². The first-order chi connectivity index (χ1) is 12.2. The first-order valence-electron chi connectivity index (χ1n) is 9.16. The van der Waals surface area contributed by atoms with Crippen molar-refractivity contribution in [2.45, 2.75) is 51.0 Å². The van der Waals surface area contributed by atoms with Crippen molar-refractivity contribution >= 4 is 41.3 Å². The Kier molecular flexibility index (Phi) is 8.90. The van der Waals surface area contributed by atoms with Crippen molar-refractivity contribution in [3.05, 3.63) is 40.7 Å². The van der Waals surface area contributed by atoms with E-state index in [0.717, 1.165) is 31.2 Å². The topological polar surface area (TPSA) is 53.7 Å². The Morgan fingerprint density at radius 2 is 2.27 bits per heavy atom. The molecule has 2 aromatic heterocycles. The fraction of sp³-hybridized carbons (Fsp3) is 0.579. The maximum Gasteiger partial charge on any atom is 0.193 e. The molecule has 5 nitrogen and oxygen atoms in total. The van der Waals surface area contributed by atoms with Crippen LogP contribution >= 0.6 is 35.3 Å². The number of halogens is 1. The maximum atomic E-state index is 5.41. The summed E-state index contributed by atoms with van der Waals surface area (Å²) in [5.74, 6) is 2.38. The van der Waals surface area contributed by atoms with Crippen LogP contribution in [0.3, 0.4) is 0 Å². The summed E-state index contributed by atoms with van der Waals surface area (Å²) in [6.45, 7) is 3.87. The van der Waals surface area contributed by atoms with Gasteiger partial charge in [-0.2, -0.15) is 0 Å². The van der Waals surface area contributed by atoms with Gasteiger partial charge in [-0.05, 0) is 25.0 Å². The zero-order chi connectivity index (χ0) is 17.5. The van der Waals surface area contributed by atoms with Crippen molar-refractivity contribution in [1.82, 2.24) is 15.2 Å². The van der Waals surface area contributed by atoms with Gasteiger partial charge >= 0.3 is 0 Å². The average Bonchev–Trinajstić information content (AvgIpc) is 3.36. The third kappa shape index (κ3) is 6.26. The highest BCUT2D eigenvalue weighted by molar-refractivity contribution is 14.0. The molecule has 0 aliphatic heterocycles. The van der Waals surface area contributed by atoms with Crippen molar-refractivity contribution < 1.29 is 4.42 Å². The number of likely N-dealkylation sites (N-methyl/N-ethyl adjacent to an activating group) is 1. The molecule has 1 saturated carbocycles. The third-order valence-electron chi connectivity index (χ3n) is 4.67. The van der Waals surface area contributed by atoms with Gasteiger partial charge in [0.15, 0.2) is 5.96 Å². The minimum atomic E-state index is 0. The second-order valence-electron chi connectivity index (χ2n) is 6.81. The molecule has 1 atom stereocenters. The van der Waals surface area contributed by atoms with Crippen molar-refractivity contribution in [2.24, 2.45) is 4.99 Å². The van der Waals surface area contributed by atoms with Crippen molar-refractivity contribution in [3.63, 3.8) is 0 Å². The fourth-order valence-corrected chi connectivity index (χ4v) is 4.00. The standard InChI is InChI=1S/C19H28N4OS.HI/c1-15(18-20-11-13-25-18)14-23(2)19(22-16-6-3-4-7-16)21-10-9-17-8-5-12-24-17;/h5,8,11-13,15-16H,3-4,6-7,9-10,14H2,1-2H3,(H,21,22);1H. The Morgan fingerprint density at radius 3 is 2.92 bits per heavy atom. The maximum absolute atomic E-state index is 5.41. The highest BCUT2D eigenvalue weighted by Gasteiger charge is 2.20. The lowest BCUT2D eigenvalue weighted by atomic mass is 10.2. The van der Waals surface area contributed by atoms with Gasteiger partial charge in [-0.1, -0.05) is 19.8 Å². The van der Waals surface area contributed by atoms with Crippen LogP contribution in [-0.4, -0.2) is 42.0 Å². The third-order valence-corrected chi connectivity index (χ3v) is 5.68. The summed E-state index contributed by atoms with van der Waals surface area (Å²) >= 11 is 1.72. The van der Waals surface area contributed by atoms with Crippen LogP contribution in [0.15, 0.2) is 39.4 Å². The first-order valence-corrected chi connectivity index (χ1v) is 10.0. The number of guanidine groups is 1. The van der Waals surface area contributed by atoms with Crippen LogP contribution in [0.1, 0.15) is 49.3 Å². The molecule has 3 rings (SSSR count). The van der Waals surface area contributed by atoms with E-state index in [0.29, 0.717) is 12.0 Å². The van der Waals surface area contributed by atoms with E-state index in [1.165, 1.54) is 30.7 Å². The van der Waals surface area contributed by atoms with Crippen molar-refractivity contribution in [1.29, 1.82) is 0 Å². The van der Waals surface area contributed by atoms with Crippen LogP contribution in [0, 0.1) is 0 Å². The predicted octanol–water partition coefficient (Wildman–Crippen LogP) is 4.52. The molecule has 0 bridgehead atoms. The van der Waals surface area contributed by atoms with E-state index in [-0.39, 0.29) is 24.0 Å². The Balaban J connectivity index is 0.00000243. The van der Waals surface area contributed by atoms with E-state index in [9.17, 15) is 0 Å². The summed E-state index contributed by atoms with van der Waals surface area (Å²) in [5, 5.41) is 6.90. The zero-order valence-electron chi connectivity index (χ0n) is 15.6. The Morgan fingerprint density at radius 1 is 1.46 bits per heavy atom. The average molecular weight is 488 g/mol. The quantitative estimate of drug-likeness (QED) is 0.354. The van der Waals surface area contributed by atoms with Gasteiger partial charge in [0.1, 0.15) is 5.76 Å². The smallest absolute Gasteiger partial charge is 0.193 e. The van der Waals surface area contributed by atoms with E-state index >= 15 is 0 Å². The molecule has 2 heterocycles. The second kappa shape index (κ2) is 10.9. The molecule has 0 amide bonds. The highest BCUT2D eigenvalue weighted by atomic mass is 127. The van der Waals surface area contributed by atoms with E-state index in [1.807, 2.05) is 23.7 Å². The van der Waals surface area contributed by atoms with E-state index in [4.69, 9.17) is 9.41 Å². The van der Waals surface area contributed by atoms with Crippen LogP contribution in [0.5, 0.6) is 0 Å². The molecular weight excluding hydrogens is 459 g/mol. The van der Waals surface area contributed by atoms with Gasteiger partial charge in [0.2, 0.25) is 0 Å². The normalized spacial score (nSPS) is 16.3. The summed E-state index contributed by atoms with van der Waals surface area (Å²) in [6.07, 6.45) is 9.55. The van der Waals surface area contributed by atoms with Crippen LogP contribution in [0.4, 0.5) is 0 Å². The number of thiazole rings is 1. The SMILES string of the molecule is CC(CN(C)C(=NCCc1ccco1)NC1CCCC1)c1nccs1.I. The lowest BCUT2D eigenvalue weighted by molar-refractivity contribution is 0.432. The van der Waals surface area contributed by atoms with Gasteiger partial charge in [0.25, 0.3) is 0 Å². The number of hydrogen-bond acceptors (Lipinski definition) is 4. The van der Waals surface area contributed by atoms with Gasteiger partial charge in [0, 0.05) is 50.1 Å². The molecule has 26 heavy (non-hydrogen) atoms. The molecule has 2 aromatic rings. The van der Waals surface area contributed by atoms with Crippen LogP contribution in [0.25, 0.3) is 0 Å².